The maximum Gasteiger partial charge on any atom is 0.236 e. The second kappa shape index (κ2) is 8.89. The predicted molar refractivity (Wildman–Crippen MR) is 138 cm³/mol. The van der Waals surface area contributed by atoms with E-state index >= 15 is 0 Å². The van der Waals surface area contributed by atoms with Crippen molar-refractivity contribution in [2.75, 3.05) is 63.2 Å². The molecule has 0 bridgehead atoms. The molecule has 0 saturated carbocycles. The summed E-state index contributed by atoms with van der Waals surface area (Å²) < 4.78 is 20.1. The van der Waals surface area contributed by atoms with Crippen LogP contribution < -0.4 is 19.9 Å². The number of rotatable bonds is 4. The fourth-order valence-corrected chi connectivity index (χ4v) is 5.79. The molecule has 3 aromatic rings. The van der Waals surface area contributed by atoms with Gasteiger partial charge in [-0.05, 0) is 43.5 Å². The number of carbonyl (C=O) groups excluding carboxylic acids is 1. The van der Waals surface area contributed by atoms with Crippen LogP contribution in [-0.4, -0.2) is 79.7 Å². The van der Waals surface area contributed by atoms with Gasteiger partial charge in [-0.25, -0.2) is 14.4 Å². The quantitative estimate of drug-likeness (QED) is 0.603. The number of benzene rings is 1. The molecule has 1 N–H and O–H groups in total. The lowest BCUT2D eigenvalue weighted by atomic mass is 9.95. The molecule has 8 nitrogen and oxygen atoms in total. The zero-order valence-corrected chi connectivity index (χ0v) is 20.8. The number of ether oxygens (including phenoxy) is 1. The number of methoxy groups -OCH3 is 1. The molecule has 1 aromatic carbocycles. The minimum absolute atomic E-state index is 0.106. The molecule has 6 rings (SSSR count). The van der Waals surface area contributed by atoms with E-state index in [9.17, 15) is 9.18 Å². The van der Waals surface area contributed by atoms with Crippen LogP contribution in [0, 0.1) is 5.82 Å². The van der Waals surface area contributed by atoms with Gasteiger partial charge in [-0.15, -0.1) is 0 Å². The molecule has 3 aliphatic rings. The monoisotopic (exact) mass is 490 g/mol. The van der Waals surface area contributed by atoms with Crippen LogP contribution in [0.2, 0.25) is 0 Å². The highest BCUT2D eigenvalue weighted by atomic mass is 19.1. The molecular weight excluding hydrogens is 459 g/mol. The maximum atomic E-state index is 14.8. The largest absolute Gasteiger partial charge is 0.494 e. The summed E-state index contributed by atoms with van der Waals surface area (Å²) in [5.74, 6) is 0.861. The van der Waals surface area contributed by atoms with Gasteiger partial charge in [-0.1, -0.05) is 0 Å². The van der Waals surface area contributed by atoms with Gasteiger partial charge < -0.3 is 19.4 Å². The van der Waals surface area contributed by atoms with Gasteiger partial charge in [0.25, 0.3) is 0 Å². The Morgan fingerprint density at radius 1 is 1.08 bits per heavy atom. The molecule has 1 amide bonds. The summed E-state index contributed by atoms with van der Waals surface area (Å²) in [4.78, 5) is 28.0. The third-order valence-electron chi connectivity index (χ3n) is 7.81. The van der Waals surface area contributed by atoms with Crippen molar-refractivity contribution in [1.29, 1.82) is 0 Å². The summed E-state index contributed by atoms with van der Waals surface area (Å²) in [6, 6.07) is 9.34. The normalized spacial score (nSPS) is 22.3. The molecule has 0 radical (unpaired) electrons. The summed E-state index contributed by atoms with van der Waals surface area (Å²) in [6.07, 6.45) is 5.18. The number of carbonyl (C=O) groups is 1. The molecule has 1 unspecified atom stereocenters. The fourth-order valence-electron chi connectivity index (χ4n) is 5.79. The van der Waals surface area contributed by atoms with Gasteiger partial charge in [-0.2, -0.15) is 0 Å². The summed E-state index contributed by atoms with van der Waals surface area (Å²) in [5.41, 5.74) is 3.13. The summed E-state index contributed by atoms with van der Waals surface area (Å²) in [7, 11) is 3.32. The Labute approximate surface area is 210 Å². The topological polar surface area (TPSA) is 73.8 Å². The standard InChI is InChI=1S/C27H31FN6O2/c1-32-16-27(30-15-26(32)35)7-10-34(17-27)23-12-21(31-22-13-24(36-2)20(28)11-19(22)23)18-5-6-25(29-14-18)33-8-3-4-9-33/h5-6,11-14,30H,3-4,7-10,15-17H2,1-2H3. The first-order chi connectivity index (χ1) is 17.4. The number of amides is 1. The van der Waals surface area contributed by atoms with Crippen LogP contribution in [0.4, 0.5) is 15.9 Å². The lowest BCUT2D eigenvalue weighted by Gasteiger charge is -2.39. The number of likely N-dealkylation sites (N-methyl/N-ethyl adjacent to an activating group) is 1. The number of nitrogens with zero attached hydrogens (tertiary/aromatic N) is 5. The Morgan fingerprint density at radius 2 is 1.92 bits per heavy atom. The maximum absolute atomic E-state index is 14.8. The number of nitrogens with one attached hydrogen (secondary N) is 1. The average Bonchev–Trinajstić information content (AvgIpc) is 3.57. The molecule has 5 heterocycles. The highest BCUT2D eigenvalue weighted by molar-refractivity contribution is 5.95. The molecule has 3 fully saturated rings. The Hall–Kier alpha value is -3.46. The SMILES string of the molecule is COc1cc2nc(-c3ccc(N4CCCC4)nc3)cc(N3CCC4(CN(C)C(=O)CN4)C3)c2cc1F. The first-order valence-corrected chi connectivity index (χ1v) is 12.6. The van der Waals surface area contributed by atoms with E-state index in [0.717, 1.165) is 60.7 Å². The van der Waals surface area contributed by atoms with E-state index in [0.29, 0.717) is 18.6 Å². The Balaban J connectivity index is 1.39. The highest BCUT2D eigenvalue weighted by Crippen LogP contribution is 2.38. The minimum Gasteiger partial charge on any atom is -0.494 e. The van der Waals surface area contributed by atoms with Crippen molar-refractivity contribution in [2.24, 2.45) is 0 Å². The van der Waals surface area contributed by atoms with Gasteiger partial charge >= 0.3 is 0 Å². The number of hydrogen-bond donors (Lipinski definition) is 1. The van der Waals surface area contributed by atoms with Crippen molar-refractivity contribution in [1.82, 2.24) is 20.2 Å². The Kier molecular flexibility index (Phi) is 5.67. The fraction of sp³-hybridized carbons (Fsp3) is 0.444. The molecular formula is C27H31FN6O2. The van der Waals surface area contributed by atoms with Gasteiger partial charge in [0.2, 0.25) is 5.91 Å². The first kappa shape index (κ1) is 23.0. The van der Waals surface area contributed by atoms with E-state index in [1.807, 2.05) is 19.3 Å². The van der Waals surface area contributed by atoms with E-state index < -0.39 is 5.82 Å². The highest BCUT2D eigenvalue weighted by Gasteiger charge is 2.43. The summed E-state index contributed by atoms with van der Waals surface area (Å²) in [5, 5.41) is 4.22. The zero-order valence-electron chi connectivity index (χ0n) is 20.8. The van der Waals surface area contributed by atoms with Crippen molar-refractivity contribution in [3.63, 3.8) is 0 Å². The molecule has 2 aromatic heterocycles. The Bertz CT molecular complexity index is 1310. The first-order valence-electron chi connectivity index (χ1n) is 12.6. The van der Waals surface area contributed by atoms with E-state index in [2.05, 4.69) is 27.2 Å². The van der Waals surface area contributed by atoms with Crippen molar-refractivity contribution in [3.8, 4) is 17.0 Å². The molecule has 3 aliphatic heterocycles. The molecule has 36 heavy (non-hydrogen) atoms. The van der Waals surface area contributed by atoms with Gasteiger partial charge in [0.15, 0.2) is 11.6 Å². The summed E-state index contributed by atoms with van der Waals surface area (Å²) >= 11 is 0. The number of piperazine rings is 1. The van der Waals surface area contributed by atoms with E-state index in [4.69, 9.17) is 14.7 Å². The van der Waals surface area contributed by atoms with Crippen LogP contribution >= 0.6 is 0 Å². The van der Waals surface area contributed by atoms with E-state index in [1.54, 1.807) is 11.0 Å². The van der Waals surface area contributed by atoms with Gasteiger partial charge in [0.1, 0.15) is 5.82 Å². The molecule has 188 valence electrons. The smallest absolute Gasteiger partial charge is 0.236 e. The number of aromatic nitrogens is 2. The summed E-state index contributed by atoms with van der Waals surface area (Å²) in [6.45, 7) is 4.61. The molecule has 0 aliphatic carbocycles. The van der Waals surface area contributed by atoms with Crippen LogP contribution in [0.3, 0.4) is 0 Å². The van der Waals surface area contributed by atoms with Crippen molar-refractivity contribution in [2.45, 2.75) is 24.8 Å². The minimum atomic E-state index is -0.410. The average molecular weight is 491 g/mol. The van der Waals surface area contributed by atoms with E-state index in [-0.39, 0.29) is 17.2 Å². The van der Waals surface area contributed by atoms with Crippen molar-refractivity contribution < 1.29 is 13.9 Å². The lowest BCUT2D eigenvalue weighted by molar-refractivity contribution is -0.132. The zero-order chi connectivity index (χ0) is 24.9. The number of pyridine rings is 2. The number of halogens is 1. The third-order valence-corrected chi connectivity index (χ3v) is 7.81. The second-order valence-corrected chi connectivity index (χ2v) is 10.2. The predicted octanol–water partition coefficient (Wildman–Crippen LogP) is 3.06. The van der Waals surface area contributed by atoms with E-state index in [1.165, 1.54) is 26.0 Å². The van der Waals surface area contributed by atoms with Crippen LogP contribution in [0.5, 0.6) is 5.75 Å². The van der Waals surface area contributed by atoms with Gasteiger partial charge in [-0.3, -0.25) is 10.1 Å². The molecule has 1 atom stereocenters. The number of hydrogen-bond acceptors (Lipinski definition) is 7. The van der Waals surface area contributed by atoms with Crippen molar-refractivity contribution >= 4 is 28.3 Å². The molecule has 9 heteroatoms. The van der Waals surface area contributed by atoms with Crippen LogP contribution in [-0.2, 0) is 4.79 Å². The van der Waals surface area contributed by atoms with Crippen molar-refractivity contribution in [3.05, 3.63) is 42.3 Å². The van der Waals surface area contributed by atoms with Gasteiger partial charge in [0.05, 0.1) is 30.4 Å². The van der Waals surface area contributed by atoms with Gasteiger partial charge in [0, 0.05) is 68.7 Å². The lowest BCUT2D eigenvalue weighted by Crippen LogP contribution is -2.62. The van der Waals surface area contributed by atoms with Crippen LogP contribution in [0.25, 0.3) is 22.2 Å². The molecule has 1 spiro atoms. The third kappa shape index (κ3) is 4.01. The van der Waals surface area contributed by atoms with Crippen LogP contribution in [0.15, 0.2) is 36.5 Å². The molecule has 3 saturated heterocycles. The Morgan fingerprint density at radius 3 is 2.64 bits per heavy atom. The number of fused-ring (bicyclic) bond motifs is 1. The second-order valence-electron chi connectivity index (χ2n) is 10.2. The van der Waals surface area contributed by atoms with Crippen LogP contribution in [0.1, 0.15) is 19.3 Å². The number of anilines is 2.